The molecule has 1 aromatic rings. The van der Waals surface area contributed by atoms with E-state index in [1.807, 2.05) is 6.92 Å². The van der Waals surface area contributed by atoms with Gasteiger partial charge >= 0.3 is 0 Å². The van der Waals surface area contributed by atoms with Gasteiger partial charge in [0.15, 0.2) is 0 Å². The highest BCUT2D eigenvalue weighted by Crippen LogP contribution is 2.28. The van der Waals surface area contributed by atoms with Crippen molar-refractivity contribution in [3.05, 3.63) is 45.9 Å². The molecule has 10 heteroatoms. The monoisotopic (exact) mass is 461 g/mol. The van der Waals surface area contributed by atoms with Crippen LogP contribution in [0.4, 0.5) is 5.69 Å². The Morgan fingerprint density at radius 1 is 1.28 bits per heavy atom. The van der Waals surface area contributed by atoms with Crippen molar-refractivity contribution in [2.45, 2.75) is 52.0 Å². The Bertz CT molecular complexity index is 1130. The molecule has 0 spiro atoms. The van der Waals surface area contributed by atoms with E-state index in [0.29, 0.717) is 28.9 Å². The summed E-state index contributed by atoms with van der Waals surface area (Å²) in [5, 5.41) is 2.59. The average Bonchev–Trinajstić information content (AvgIpc) is 2.73. The summed E-state index contributed by atoms with van der Waals surface area (Å²) in [7, 11) is -3.69. The highest BCUT2D eigenvalue weighted by molar-refractivity contribution is 7.92. The van der Waals surface area contributed by atoms with E-state index in [9.17, 15) is 18.0 Å². The molecular weight excluding hydrogens is 430 g/mol. The molecule has 2 heterocycles. The molecule has 0 aromatic carbocycles. The van der Waals surface area contributed by atoms with Gasteiger partial charge in [-0.05, 0) is 50.3 Å². The van der Waals surface area contributed by atoms with Gasteiger partial charge in [0.05, 0.1) is 17.5 Å². The number of sulfonamides is 1. The van der Waals surface area contributed by atoms with Gasteiger partial charge in [-0.2, -0.15) is 0 Å². The lowest BCUT2D eigenvalue weighted by Gasteiger charge is -2.27. The summed E-state index contributed by atoms with van der Waals surface area (Å²) in [4.78, 5) is 28.6. The third-order valence-electron chi connectivity index (χ3n) is 6.06. The number of nitrogens with one attached hydrogen (secondary N) is 2. The van der Waals surface area contributed by atoms with Crippen LogP contribution in [0.25, 0.3) is 5.70 Å². The number of nitrogens with zero attached hydrogens (tertiary/aromatic N) is 2. The lowest BCUT2D eigenvalue weighted by molar-refractivity contribution is -0.109. The highest BCUT2D eigenvalue weighted by atomic mass is 32.2. The topological polar surface area (TPSA) is 136 Å². The summed E-state index contributed by atoms with van der Waals surface area (Å²) in [5.74, 6) is 0.221. The standard InChI is InChI=1S/C22H31N5O4S/c1-14-9-10-19(26-32(30,31)12-17-7-5-4-6-8-17)22(29)27(14)20-18(11-24-13-28)15(2)16(3)25-21(20)23/h9-10,13,16-17,26H,2,4-8,11-12H2,1,3H3,(H2,23,25)(H,24,28). The lowest BCUT2D eigenvalue weighted by Crippen LogP contribution is -2.37. The molecule has 1 fully saturated rings. The molecule has 1 aliphatic carbocycles. The predicted molar refractivity (Wildman–Crippen MR) is 127 cm³/mol. The molecule has 0 bridgehead atoms. The van der Waals surface area contributed by atoms with Crippen molar-refractivity contribution in [1.29, 1.82) is 0 Å². The minimum Gasteiger partial charge on any atom is -0.382 e. The van der Waals surface area contributed by atoms with Gasteiger partial charge in [0.1, 0.15) is 11.5 Å². The largest absolute Gasteiger partial charge is 0.382 e. The molecule has 1 aliphatic heterocycles. The number of hydrogen-bond donors (Lipinski definition) is 3. The van der Waals surface area contributed by atoms with Crippen LogP contribution in [-0.4, -0.2) is 43.6 Å². The average molecular weight is 462 g/mol. The van der Waals surface area contributed by atoms with Gasteiger partial charge in [-0.15, -0.1) is 0 Å². The first-order chi connectivity index (χ1) is 15.1. The van der Waals surface area contributed by atoms with E-state index < -0.39 is 15.6 Å². The molecule has 1 saturated carbocycles. The van der Waals surface area contributed by atoms with Crippen LogP contribution in [0.5, 0.6) is 0 Å². The molecule has 174 valence electrons. The summed E-state index contributed by atoms with van der Waals surface area (Å²) >= 11 is 0. The molecule has 3 rings (SSSR count). The smallest absolute Gasteiger partial charge is 0.279 e. The SMILES string of the molecule is C=C1C(CNC=O)=C(n2c(C)ccc(NS(=O)(=O)CC3CCCCC3)c2=O)C(N)=NC1C. The normalized spacial score (nSPS) is 20.1. The number of carbonyl (C=O) groups excluding carboxylic acids is 1. The lowest BCUT2D eigenvalue weighted by atomic mass is 9.91. The highest BCUT2D eigenvalue weighted by Gasteiger charge is 2.27. The second-order valence-corrected chi connectivity index (χ2v) is 10.2. The van der Waals surface area contributed by atoms with Gasteiger partial charge < -0.3 is 11.1 Å². The number of aromatic nitrogens is 1. The van der Waals surface area contributed by atoms with Crippen LogP contribution in [0.3, 0.4) is 0 Å². The Kier molecular flexibility index (Phi) is 7.22. The first-order valence-electron chi connectivity index (χ1n) is 10.8. The second-order valence-electron chi connectivity index (χ2n) is 8.46. The van der Waals surface area contributed by atoms with Crippen LogP contribution in [-0.2, 0) is 14.8 Å². The van der Waals surface area contributed by atoms with Crippen LogP contribution >= 0.6 is 0 Å². The van der Waals surface area contributed by atoms with Crippen molar-refractivity contribution in [2.24, 2.45) is 16.6 Å². The fourth-order valence-corrected chi connectivity index (χ4v) is 5.88. The van der Waals surface area contributed by atoms with Gasteiger partial charge in [-0.1, -0.05) is 25.8 Å². The quantitative estimate of drug-likeness (QED) is 0.507. The van der Waals surface area contributed by atoms with Gasteiger partial charge in [-0.25, -0.2) is 8.42 Å². The van der Waals surface area contributed by atoms with Gasteiger partial charge in [0.25, 0.3) is 5.56 Å². The maximum atomic E-state index is 13.4. The Balaban J connectivity index is 2.02. The van der Waals surface area contributed by atoms with Crippen molar-refractivity contribution in [3.63, 3.8) is 0 Å². The van der Waals surface area contributed by atoms with E-state index in [1.54, 1.807) is 13.0 Å². The van der Waals surface area contributed by atoms with E-state index in [4.69, 9.17) is 5.73 Å². The van der Waals surface area contributed by atoms with E-state index in [0.717, 1.165) is 32.1 Å². The van der Waals surface area contributed by atoms with Crippen LogP contribution in [0, 0.1) is 12.8 Å². The fourth-order valence-electron chi connectivity index (χ4n) is 4.36. The third-order valence-corrected chi connectivity index (χ3v) is 7.50. The fraction of sp³-hybridized carbons (Fsp3) is 0.500. The molecule has 0 saturated heterocycles. The van der Waals surface area contributed by atoms with E-state index in [1.165, 1.54) is 10.6 Å². The number of pyridine rings is 1. The van der Waals surface area contributed by atoms with Crippen LogP contribution in [0.2, 0.25) is 0 Å². The maximum absolute atomic E-state index is 13.4. The minimum atomic E-state index is -3.69. The number of nitrogens with two attached hydrogens (primary N) is 1. The molecule has 2 aliphatic rings. The Morgan fingerprint density at radius 2 is 1.97 bits per heavy atom. The van der Waals surface area contributed by atoms with Crippen molar-refractivity contribution in [1.82, 2.24) is 9.88 Å². The first kappa shape index (κ1) is 23.8. The van der Waals surface area contributed by atoms with E-state index in [2.05, 4.69) is 21.6 Å². The molecule has 32 heavy (non-hydrogen) atoms. The van der Waals surface area contributed by atoms with Crippen LogP contribution in [0.15, 0.2) is 39.6 Å². The zero-order valence-corrected chi connectivity index (χ0v) is 19.4. The summed E-state index contributed by atoms with van der Waals surface area (Å²) in [6.45, 7) is 7.69. The number of amides is 1. The van der Waals surface area contributed by atoms with Crippen molar-refractivity contribution in [2.75, 3.05) is 17.0 Å². The molecule has 1 unspecified atom stereocenters. The molecule has 4 N–H and O–H groups in total. The van der Waals surface area contributed by atoms with Crippen LogP contribution < -0.4 is 21.3 Å². The molecule has 1 atom stereocenters. The number of rotatable bonds is 8. The zero-order chi connectivity index (χ0) is 23.5. The van der Waals surface area contributed by atoms with Crippen molar-refractivity contribution >= 4 is 33.7 Å². The maximum Gasteiger partial charge on any atom is 0.279 e. The summed E-state index contributed by atoms with van der Waals surface area (Å²) < 4.78 is 29.4. The van der Waals surface area contributed by atoms with Gasteiger partial charge in [-0.3, -0.25) is 23.9 Å². The summed E-state index contributed by atoms with van der Waals surface area (Å²) in [5.41, 5.74) is 7.63. The number of aliphatic imine (C=N–C) groups is 1. The van der Waals surface area contributed by atoms with Gasteiger partial charge in [0, 0.05) is 17.8 Å². The number of amidine groups is 1. The molecule has 1 aromatic heterocycles. The van der Waals surface area contributed by atoms with Crippen molar-refractivity contribution in [3.8, 4) is 0 Å². The number of dihydropyridines is 1. The van der Waals surface area contributed by atoms with Gasteiger partial charge in [0.2, 0.25) is 16.4 Å². The molecule has 9 nitrogen and oxygen atoms in total. The Labute approximate surface area is 188 Å². The second kappa shape index (κ2) is 9.72. The third kappa shape index (κ3) is 5.12. The zero-order valence-electron chi connectivity index (χ0n) is 18.6. The Morgan fingerprint density at radius 3 is 2.62 bits per heavy atom. The van der Waals surface area contributed by atoms with E-state index in [-0.39, 0.29) is 35.8 Å². The summed E-state index contributed by atoms with van der Waals surface area (Å²) in [6, 6.07) is 2.80. The number of hydrogen-bond acceptors (Lipinski definition) is 6. The number of anilines is 1. The first-order valence-corrected chi connectivity index (χ1v) is 12.5. The number of aryl methyl sites for hydroxylation is 1. The number of carbonyl (C=O) groups is 1. The Hall–Kier alpha value is -2.88. The minimum absolute atomic E-state index is 0.00453. The molecular formula is C22H31N5O4S. The molecule has 1 amide bonds. The van der Waals surface area contributed by atoms with Crippen molar-refractivity contribution < 1.29 is 13.2 Å². The molecule has 0 radical (unpaired) electrons. The predicted octanol–water partition coefficient (Wildman–Crippen LogP) is 1.75. The summed E-state index contributed by atoms with van der Waals surface area (Å²) in [6.07, 6.45) is 5.51. The van der Waals surface area contributed by atoms with Crippen LogP contribution in [0.1, 0.15) is 44.7 Å². The van der Waals surface area contributed by atoms with E-state index >= 15 is 0 Å².